The summed E-state index contributed by atoms with van der Waals surface area (Å²) in [5.74, 6) is -3.00. The van der Waals surface area contributed by atoms with E-state index in [1.54, 1.807) is 6.07 Å². The van der Waals surface area contributed by atoms with Gasteiger partial charge in [-0.2, -0.15) is 0 Å². The number of benzene rings is 2. The number of nitrogens with zero attached hydrogens (tertiary/aromatic N) is 1. The smallest absolute Gasteiger partial charge is 0.324 e. The van der Waals surface area contributed by atoms with Crippen molar-refractivity contribution in [1.82, 2.24) is 10.2 Å². The van der Waals surface area contributed by atoms with Crippen LogP contribution in [0.2, 0.25) is 0 Å². The van der Waals surface area contributed by atoms with Crippen LogP contribution in [0.5, 0.6) is 0 Å². The van der Waals surface area contributed by atoms with Crippen molar-refractivity contribution in [2.24, 2.45) is 0 Å². The van der Waals surface area contributed by atoms with E-state index in [4.69, 9.17) is 0 Å². The molecule has 1 aliphatic heterocycles. The maximum absolute atomic E-state index is 14.2. The number of rotatable bonds is 4. The predicted molar refractivity (Wildman–Crippen MR) is 98.5 cm³/mol. The number of amides is 4. The van der Waals surface area contributed by atoms with Gasteiger partial charge < -0.3 is 10.6 Å². The Morgan fingerprint density at radius 3 is 2.54 bits per heavy atom. The molecule has 146 valence electrons. The highest BCUT2D eigenvalue weighted by atomic mass is 19.1. The summed E-state index contributed by atoms with van der Waals surface area (Å²) in [5, 5.41) is 5.00. The van der Waals surface area contributed by atoms with E-state index in [0.29, 0.717) is 10.6 Å². The van der Waals surface area contributed by atoms with Crippen LogP contribution >= 0.6 is 0 Å². The van der Waals surface area contributed by atoms with E-state index >= 15 is 0 Å². The van der Waals surface area contributed by atoms with Crippen LogP contribution in [0.3, 0.4) is 0 Å². The molecule has 2 aromatic carbocycles. The van der Waals surface area contributed by atoms with Gasteiger partial charge in [0, 0.05) is 11.3 Å². The first-order chi connectivity index (χ1) is 13.1. The second-order valence-corrected chi connectivity index (χ2v) is 6.94. The van der Waals surface area contributed by atoms with Gasteiger partial charge in [0.1, 0.15) is 23.7 Å². The number of hydrogen-bond donors (Lipinski definition) is 2. The number of carbonyl (C=O) groups is 3. The lowest BCUT2D eigenvalue weighted by molar-refractivity contribution is -0.133. The molecule has 2 aromatic rings. The molecule has 6 nitrogen and oxygen atoms in total. The average molecular weight is 387 g/mol. The van der Waals surface area contributed by atoms with Crippen LogP contribution < -0.4 is 10.6 Å². The van der Waals surface area contributed by atoms with Crippen molar-refractivity contribution in [3.63, 3.8) is 0 Å². The highest BCUT2D eigenvalue weighted by molar-refractivity contribution is 6.10. The van der Waals surface area contributed by atoms with E-state index in [9.17, 15) is 23.2 Å². The topological polar surface area (TPSA) is 78.5 Å². The molecular formula is C20H19F2N3O3. The molecule has 0 bridgehead atoms. The van der Waals surface area contributed by atoms with Crippen LogP contribution in [-0.2, 0) is 15.1 Å². The lowest BCUT2D eigenvalue weighted by Gasteiger charge is -2.22. The van der Waals surface area contributed by atoms with E-state index in [1.807, 2.05) is 26.0 Å². The molecular weight excluding hydrogens is 368 g/mol. The Labute approximate surface area is 160 Å². The van der Waals surface area contributed by atoms with Crippen LogP contribution in [0.1, 0.15) is 23.6 Å². The zero-order valence-corrected chi connectivity index (χ0v) is 15.6. The highest BCUT2D eigenvalue weighted by Gasteiger charge is 2.50. The summed E-state index contributed by atoms with van der Waals surface area (Å²) in [6, 6.07) is 7.22. The van der Waals surface area contributed by atoms with Gasteiger partial charge in [-0.1, -0.05) is 17.7 Å². The Balaban J connectivity index is 1.80. The Morgan fingerprint density at radius 2 is 1.86 bits per heavy atom. The lowest BCUT2D eigenvalue weighted by Crippen LogP contribution is -2.42. The monoisotopic (exact) mass is 387 g/mol. The molecule has 3 rings (SSSR count). The molecule has 0 radical (unpaired) electrons. The second kappa shape index (κ2) is 7.03. The molecule has 1 atom stereocenters. The molecule has 0 saturated carbocycles. The summed E-state index contributed by atoms with van der Waals surface area (Å²) in [4.78, 5) is 38.1. The zero-order valence-electron chi connectivity index (χ0n) is 15.6. The molecule has 0 aromatic heterocycles. The zero-order chi connectivity index (χ0) is 20.6. The summed E-state index contributed by atoms with van der Waals surface area (Å²) in [7, 11) is 0. The van der Waals surface area contributed by atoms with Crippen LogP contribution in [-0.4, -0.2) is 29.3 Å². The number of hydrogen-bond acceptors (Lipinski definition) is 3. The minimum absolute atomic E-state index is 0.303. The fourth-order valence-corrected chi connectivity index (χ4v) is 3.19. The van der Waals surface area contributed by atoms with E-state index < -0.39 is 41.6 Å². The highest BCUT2D eigenvalue weighted by Crippen LogP contribution is 2.31. The standard InChI is InChI=1S/C20H19F2N3O3/c1-11-4-7-16(12(2)8-11)23-17(26)10-25-18(27)20(3,24-19(25)28)14-9-13(21)5-6-15(14)22/h4-9H,10H2,1-3H3,(H,23,26)(H,24,28)/t20-/m0/s1. The van der Waals surface area contributed by atoms with Gasteiger partial charge in [-0.05, 0) is 50.6 Å². The van der Waals surface area contributed by atoms with Gasteiger partial charge in [-0.15, -0.1) is 0 Å². The molecule has 8 heteroatoms. The van der Waals surface area contributed by atoms with E-state index in [1.165, 1.54) is 6.92 Å². The number of anilines is 1. The number of nitrogens with one attached hydrogen (secondary N) is 2. The molecule has 1 saturated heterocycles. The quantitative estimate of drug-likeness (QED) is 0.792. The first kappa shape index (κ1) is 19.5. The number of urea groups is 1. The molecule has 2 N–H and O–H groups in total. The Kier molecular flexibility index (Phi) is 4.89. The molecule has 0 spiro atoms. The fourth-order valence-electron chi connectivity index (χ4n) is 3.19. The van der Waals surface area contributed by atoms with Gasteiger partial charge >= 0.3 is 6.03 Å². The summed E-state index contributed by atoms with van der Waals surface area (Å²) >= 11 is 0. The Morgan fingerprint density at radius 1 is 1.14 bits per heavy atom. The summed E-state index contributed by atoms with van der Waals surface area (Å²) in [6.07, 6.45) is 0. The van der Waals surface area contributed by atoms with Crippen molar-refractivity contribution in [3.05, 3.63) is 64.7 Å². The van der Waals surface area contributed by atoms with Gasteiger partial charge in [0.2, 0.25) is 5.91 Å². The largest absolute Gasteiger partial charge is 0.325 e. The number of carbonyl (C=O) groups excluding carboxylic acids is 3. The molecule has 28 heavy (non-hydrogen) atoms. The molecule has 0 aliphatic carbocycles. The SMILES string of the molecule is Cc1ccc(NC(=O)CN2C(=O)N[C@@](C)(c3cc(F)ccc3F)C2=O)c(C)c1. The van der Waals surface area contributed by atoms with E-state index in [0.717, 1.165) is 29.3 Å². The fraction of sp³-hybridized carbons (Fsp3) is 0.250. The van der Waals surface area contributed by atoms with Crippen molar-refractivity contribution in [2.75, 3.05) is 11.9 Å². The lowest BCUT2D eigenvalue weighted by atomic mass is 9.91. The van der Waals surface area contributed by atoms with Crippen LogP contribution in [0.15, 0.2) is 36.4 Å². The van der Waals surface area contributed by atoms with E-state index in [-0.39, 0.29) is 5.56 Å². The summed E-state index contributed by atoms with van der Waals surface area (Å²) in [5.41, 5.74) is 0.308. The number of halogens is 2. The van der Waals surface area contributed by atoms with Gasteiger partial charge in [0.25, 0.3) is 5.91 Å². The molecule has 0 unspecified atom stereocenters. The van der Waals surface area contributed by atoms with Gasteiger partial charge in [0.05, 0.1) is 0 Å². The van der Waals surface area contributed by atoms with Crippen molar-refractivity contribution in [2.45, 2.75) is 26.3 Å². The van der Waals surface area contributed by atoms with Crippen molar-refractivity contribution < 1.29 is 23.2 Å². The van der Waals surface area contributed by atoms with Crippen LogP contribution in [0.25, 0.3) is 0 Å². The maximum atomic E-state index is 14.2. The van der Waals surface area contributed by atoms with Gasteiger partial charge in [-0.3, -0.25) is 14.5 Å². The maximum Gasteiger partial charge on any atom is 0.325 e. The van der Waals surface area contributed by atoms with Crippen LogP contribution in [0, 0.1) is 25.5 Å². The first-order valence-corrected chi connectivity index (χ1v) is 8.58. The molecule has 1 aliphatic rings. The Bertz CT molecular complexity index is 993. The normalized spacial score (nSPS) is 19.0. The third kappa shape index (κ3) is 3.45. The minimum atomic E-state index is -1.80. The number of aryl methyl sites for hydroxylation is 2. The molecule has 4 amide bonds. The van der Waals surface area contributed by atoms with Crippen molar-refractivity contribution in [3.8, 4) is 0 Å². The van der Waals surface area contributed by atoms with Crippen molar-refractivity contribution >= 4 is 23.5 Å². The Hall–Kier alpha value is -3.29. The van der Waals surface area contributed by atoms with E-state index in [2.05, 4.69) is 10.6 Å². The third-order valence-electron chi connectivity index (χ3n) is 4.70. The first-order valence-electron chi connectivity index (χ1n) is 8.58. The van der Waals surface area contributed by atoms with Crippen molar-refractivity contribution in [1.29, 1.82) is 0 Å². The predicted octanol–water partition coefficient (Wildman–Crippen LogP) is 2.99. The third-order valence-corrected chi connectivity index (χ3v) is 4.70. The minimum Gasteiger partial charge on any atom is -0.324 e. The molecule has 1 fully saturated rings. The summed E-state index contributed by atoms with van der Waals surface area (Å²) in [6.45, 7) is 4.45. The second-order valence-electron chi connectivity index (χ2n) is 6.94. The molecule has 1 heterocycles. The van der Waals surface area contributed by atoms with Crippen LogP contribution in [0.4, 0.5) is 19.3 Å². The van der Waals surface area contributed by atoms with Gasteiger partial charge in [-0.25, -0.2) is 13.6 Å². The summed E-state index contributed by atoms with van der Waals surface area (Å²) < 4.78 is 27.7. The van der Waals surface area contributed by atoms with Gasteiger partial charge in [0.15, 0.2) is 0 Å². The average Bonchev–Trinajstić information content (AvgIpc) is 2.83. The number of imide groups is 1.